The molecule has 2 nitrogen and oxygen atoms in total. The topological polar surface area (TPSA) is 46.2 Å². The number of aryl methyl sites for hydroxylation is 1. The molecular formula is C16H17BrClNO. The molecule has 0 saturated carbocycles. The molecule has 0 aliphatic heterocycles. The fourth-order valence-corrected chi connectivity index (χ4v) is 3.13. The van der Waals surface area contributed by atoms with Crippen LogP contribution in [0.3, 0.4) is 0 Å². The number of hydrogen-bond acceptors (Lipinski definition) is 2. The predicted octanol–water partition coefficient (Wildman–Crippen LogP) is 4.19. The number of aliphatic hydroxyl groups excluding tert-OH is 1. The molecule has 4 heteroatoms. The smallest absolute Gasteiger partial charge is 0.0871 e. The van der Waals surface area contributed by atoms with Gasteiger partial charge in [-0.15, -0.1) is 0 Å². The van der Waals surface area contributed by atoms with Crippen LogP contribution < -0.4 is 5.73 Å². The van der Waals surface area contributed by atoms with Crippen LogP contribution in [0.1, 0.15) is 28.7 Å². The van der Waals surface area contributed by atoms with Crippen LogP contribution >= 0.6 is 27.5 Å². The van der Waals surface area contributed by atoms with Gasteiger partial charge < -0.3 is 10.8 Å². The van der Waals surface area contributed by atoms with Crippen molar-refractivity contribution in [1.82, 2.24) is 0 Å². The number of rotatable bonds is 4. The Labute approximate surface area is 132 Å². The lowest BCUT2D eigenvalue weighted by atomic mass is 9.89. The van der Waals surface area contributed by atoms with Crippen molar-refractivity contribution in [2.75, 3.05) is 6.54 Å². The Morgan fingerprint density at radius 3 is 2.35 bits per heavy atom. The van der Waals surface area contributed by atoms with E-state index in [0.717, 1.165) is 15.6 Å². The number of halogens is 2. The number of hydrogen-bond donors (Lipinski definition) is 2. The predicted molar refractivity (Wildman–Crippen MR) is 87.1 cm³/mol. The summed E-state index contributed by atoms with van der Waals surface area (Å²) < 4.78 is 0.846. The highest BCUT2D eigenvalue weighted by Crippen LogP contribution is 2.33. The van der Waals surface area contributed by atoms with Crippen LogP contribution in [-0.2, 0) is 0 Å². The Bertz CT molecular complexity index is 565. The molecule has 0 spiro atoms. The van der Waals surface area contributed by atoms with Crippen LogP contribution in [0.2, 0.25) is 5.02 Å². The van der Waals surface area contributed by atoms with Crippen LogP contribution in [0, 0.1) is 6.92 Å². The summed E-state index contributed by atoms with van der Waals surface area (Å²) >= 11 is 9.43. The molecule has 0 aliphatic carbocycles. The largest absolute Gasteiger partial charge is 0.388 e. The van der Waals surface area contributed by atoms with Gasteiger partial charge in [0, 0.05) is 22.0 Å². The number of benzene rings is 2. The van der Waals surface area contributed by atoms with E-state index in [2.05, 4.69) is 15.9 Å². The molecule has 0 radical (unpaired) electrons. The number of nitrogens with two attached hydrogens (primary N) is 1. The Morgan fingerprint density at radius 1 is 1.15 bits per heavy atom. The summed E-state index contributed by atoms with van der Waals surface area (Å²) in [6.45, 7) is 2.40. The fraction of sp³-hybridized carbons (Fsp3) is 0.250. The van der Waals surface area contributed by atoms with E-state index in [1.807, 2.05) is 37.3 Å². The zero-order chi connectivity index (χ0) is 14.7. The van der Waals surface area contributed by atoms with Crippen LogP contribution in [0.5, 0.6) is 0 Å². The van der Waals surface area contributed by atoms with Gasteiger partial charge in [-0.1, -0.05) is 57.4 Å². The molecule has 0 saturated heterocycles. The first-order valence-corrected chi connectivity index (χ1v) is 7.59. The maximum Gasteiger partial charge on any atom is 0.0871 e. The summed E-state index contributed by atoms with van der Waals surface area (Å²) in [4.78, 5) is 0. The van der Waals surface area contributed by atoms with Crippen molar-refractivity contribution in [3.05, 3.63) is 68.7 Å². The second kappa shape index (κ2) is 6.72. The molecule has 2 aromatic carbocycles. The number of aliphatic hydroxyl groups is 1. The van der Waals surface area contributed by atoms with E-state index in [9.17, 15) is 5.11 Å². The molecule has 2 atom stereocenters. The van der Waals surface area contributed by atoms with E-state index in [1.165, 1.54) is 5.56 Å². The standard InChI is InChI=1S/C16H17BrClNO/c1-10-2-4-11(5-3-10)15(9-19)16(20)12-6-13(17)8-14(18)7-12/h2-8,15-16,20H,9,19H2,1H3. The van der Waals surface area contributed by atoms with E-state index < -0.39 is 6.10 Å². The molecule has 106 valence electrons. The summed E-state index contributed by atoms with van der Waals surface area (Å²) in [7, 11) is 0. The van der Waals surface area contributed by atoms with Crippen molar-refractivity contribution in [3.8, 4) is 0 Å². The third kappa shape index (κ3) is 3.61. The minimum Gasteiger partial charge on any atom is -0.388 e. The van der Waals surface area contributed by atoms with Crippen molar-refractivity contribution in [1.29, 1.82) is 0 Å². The van der Waals surface area contributed by atoms with Gasteiger partial charge in [0.2, 0.25) is 0 Å². The average molecular weight is 355 g/mol. The first-order valence-electron chi connectivity index (χ1n) is 6.42. The van der Waals surface area contributed by atoms with Crippen molar-refractivity contribution in [2.24, 2.45) is 5.73 Å². The molecule has 0 aliphatic rings. The van der Waals surface area contributed by atoms with E-state index in [-0.39, 0.29) is 5.92 Å². The summed E-state index contributed by atoms with van der Waals surface area (Å²) in [5.74, 6) is -0.152. The SMILES string of the molecule is Cc1ccc(C(CN)C(O)c2cc(Cl)cc(Br)c2)cc1. The maximum atomic E-state index is 10.6. The monoisotopic (exact) mass is 353 g/mol. The molecule has 2 rings (SSSR count). The van der Waals surface area contributed by atoms with E-state index >= 15 is 0 Å². The van der Waals surface area contributed by atoms with Crippen molar-refractivity contribution in [2.45, 2.75) is 18.9 Å². The van der Waals surface area contributed by atoms with Gasteiger partial charge in [-0.3, -0.25) is 0 Å². The van der Waals surface area contributed by atoms with Crippen LogP contribution in [0.4, 0.5) is 0 Å². The Hall–Kier alpha value is -0.870. The Balaban J connectivity index is 2.33. The Kier molecular flexibility index (Phi) is 5.22. The molecule has 0 bridgehead atoms. The third-order valence-electron chi connectivity index (χ3n) is 3.37. The van der Waals surface area contributed by atoms with E-state index in [4.69, 9.17) is 17.3 Å². The van der Waals surface area contributed by atoms with Crippen molar-refractivity contribution < 1.29 is 5.11 Å². The van der Waals surface area contributed by atoms with Crippen molar-refractivity contribution >= 4 is 27.5 Å². The molecular weight excluding hydrogens is 338 g/mol. The second-order valence-corrected chi connectivity index (χ2v) is 6.25. The lowest BCUT2D eigenvalue weighted by Crippen LogP contribution is -2.20. The van der Waals surface area contributed by atoms with E-state index in [0.29, 0.717) is 11.6 Å². The van der Waals surface area contributed by atoms with Gasteiger partial charge in [0.1, 0.15) is 0 Å². The highest BCUT2D eigenvalue weighted by Gasteiger charge is 2.22. The minimum absolute atomic E-state index is 0.152. The highest BCUT2D eigenvalue weighted by molar-refractivity contribution is 9.10. The summed E-state index contributed by atoms with van der Waals surface area (Å²) in [6.07, 6.45) is -0.683. The molecule has 20 heavy (non-hydrogen) atoms. The van der Waals surface area contributed by atoms with Gasteiger partial charge in [-0.25, -0.2) is 0 Å². The van der Waals surface area contributed by atoms with Gasteiger partial charge in [0.15, 0.2) is 0 Å². The molecule has 2 unspecified atom stereocenters. The normalized spacial score (nSPS) is 14.1. The van der Waals surface area contributed by atoms with Gasteiger partial charge >= 0.3 is 0 Å². The van der Waals surface area contributed by atoms with E-state index in [1.54, 1.807) is 12.1 Å². The van der Waals surface area contributed by atoms with Crippen LogP contribution in [0.15, 0.2) is 46.9 Å². The fourth-order valence-electron chi connectivity index (χ4n) is 2.24. The summed E-state index contributed by atoms with van der Waals surface area (Å²) in [5, 5.41) is 11.2. The average Bonchev–Trinajstić information content (AvgIpc) is 2.40. The molecule has 3 N–H and O–H groups in total. The van der Waals surface area contributed by atoms with Gasteiger partial charge in [-0.05, 0) is 36.2 Å². The maximum absolute atomic E-state index is 10.6. The Morgan fingerprint density at radius 2 is 1.80 bits per heavy atom. The molecule has 0 heterocycles. The first-order chi connectivity index (χ1) is 9.51. The van der Waals surface area contributed by atoms with Gasteiger partial charge in [-0.2, -0.15) is 0 Å². The highest BCUT2D eigenvalue weighted by atomic mass is 79.9. The quantitative estimate of drug-likeness (QED) is 0.865. The van der Waals surface area contributed by atoms with Crippen LogP contribution in [0.25, 0.3) is 0 Å². The van der Waals surface area contributed by atoms with Crippen LogP contribution in [-0.4, -0.2) is 11.7 Å². The first kappa shape index (κ1) is 15.5. The third-order valence-corrected chi connectivity index (χ3v) is 4.04. The van der Waals surface area contributed by atoms with Gasteiger partial charge in [0.05, 0.1) is 6.10 Å². The zero-order valence-electron chi connectivity index (χ0n) is 11.2. The zero-order valence-corrected chi connectivity index (χ0v) is 13.5. The molecule has 2 aromatic rings. The lowest BCUT2D eigenvalue weighted by molar-refractivity contribution is 0.147. The van der Waals surface area contributed by atoms with Gasteiger partial charge in [0.25, 0.3) is 0 Å². The summed E-state index contributed by atoms with van der Waals surface area (Å²) in [5.41, 5.74) is 8.83. The van der Waals surface area contributed by atoms with Crippen molar-refractivity contribution in [3.63, 3.8) is 0 Å². The molecule has 0 fully saturated rings. The lowest BCUT2D eigenvalue weighted by Gasteiger charge is -2.23. The molecule has 0 amide bonds. The minimum atomic E-state index is -0.683. The second-order valence-electron chi connectivity index (χ2n) is 4.90. The molecule has 0 aromatic heterocycles. The summed E-state index contributed by atoms with van der Waals surface area (Å²) in [6, 6.07) is 13.5.